The third-order valence-electron chi connectivity index (χ3n) is 4.35. The predicted molar refractivity (Wildman–Crippen MR) is 93.9 cm³/mol. The van der Waals surface area contributed by atoms with Crippen molar-refractivity contribution in [3.63, 3.8) is 0 Å². The maximum atomic E-state index is 12.7. The molecule has 0 saturated carbocycles. The lowest BCUT2D eigenvalue weighted by atomic mass is 9.95. The van der Waals surface area contributed by atoms with Crippen LogP contribution in [0.1, 0.15) is 12.8 Å². The number of carbonyl (C=O) groups is 1. The van der Waals surface area contributed by atoms with Gasteiger partial charge in [0.25, 0.3) is 0 Å². The number of H-pyrrole nitrogens is 1. The summed E-state index contributed by atoms with van der Waals surface area (Å²) in [5, 5.41) is 6.85. The topological polar surface area (TPSA) is 91.1 Å². The van der Waals surface area contributed by atoms with Crippen LogP contribution in [-0.4, -0.2) is 43.4 Å². The fourth-order valence-corrected chi connectivity index (χ4v) is 4.31. The molecule has 6 nitrogen and oxygen atoms in total. The number of aromatic amines is 1. The van der Waals surface area contributed by atoms with E-state index in [9.17, 15) is 13.2 Å². The first-order chi connectivity index (χ1) is 10.4. The zero-order valence-corrected chi connectivity index (χ0v) is 14.4. The summed E-state index contributed by atoms with van der Waals surface area (Å²) in [4.78, 5) is 15.8. The molecule has 1 aromatic carbocycles. The van der Waals surface area contributed by atoms with Crippen molar-refractivity contribution in [2.24, 2.45) is 0 Å². The molecule has 1 aliphatic heterocycles. The number of carbonyl (C=O) groups excluding carboxylic acids is 1. The first kappa shape index (κ1) is 17.8. The van der Waals surface area contributed by atoms with Gasteiger partial charge < -0.3 is 15.6 Å². The van der Waals surface area contributed by atoms with Crippen LogP contribution in [-0.2, 0) is 14.6 Å². The van der Waals surface area contributed by atoms with Gasteiger partial charge in [0.2, 0.25) is 5.91 Å². The number of piperidine rings is 1. The van der Waals surface area contributed by atoms with Crippen molar-refractivity contribution in [1.82, 2.24) is 10.3 Å². The summed E-state index contributed by atoms with van der Waals surface area (Å²) in [5.41, 5.74) is 1.58. The van der Waals surface area contributed by atoms with Crippen LogP contribution in [0.5, 0.6) is 0 Å². The molecule has 1 fully saturated rings. The lowest BCUT2D eigenvalue weighted by Gasteiger charge is -2.34. The first-order valence-corrected chi connectivity index (χ1v) is 9.10. The molecule has 126 valence electrons. The number of anilines is 1. The predicted octanol–water partition coefficient (Wildman–Crippen LogP) is 1.69. The Bertz CT molecular complexity index is 810. The average Bonchev–Trinajstić information content (AvgIpc) is 2.94. The molecule has 2 heterocycles. The van der Waals surface area contributed by atoms with Gasteiger partial charge in [-0.15, -0.1) is 12.4 Å². The molecule has 2 aromatic rings. The van der Waals surface area contributed by atoms with Crippen molar-refractivity contribution in [3.8, 4) is 0 Å². The van der Waals surface area contributed by atoms with E-state index in [2.05, 4.69) is 15.6 Å². The Morgan fingerprint density at radius 1 is 1.22 bits per heavy atom. The lowest BCUT2D eigenvalue weighted by Crippen LogP contribution is -2.55. The summed E-state index contributed by atoms with van der Waals surface area (Å²) in [6.45, 7) is 1.05. The van der Waals surface area contributed by atoms with Crippen molar-refractivity contribution >= 4 is 44.7 Å². The Morgan fingerprint density at radius 2 is 1.91 bits per heavy atom. The van der Waals surface area contributed by atoms with Crippen molar-refractivity contribution in [2.75, 3.05) is 24.7 Å². The smallest absolute Gasteiger partial charge is 0.245 e. The van der Waals surface area contributed by atoms with Gasteiger partial charge >= 0.3 is 0 Å². The Kier molecular flexibility index (Phi) is 5.03. The zero-order chi connectivity index (χ0) is 15.8. The average molecular weight is 358 g/mol. The molecule has 1 aromatic heterocycles. The molecule has 3 N–H and O–H groups in total. The molecule has 0 unspecified atom stereocenters. The second-order valence-electron chi connectivity index (χ2n) is 5.75. The quantitative estimate of drug-likeness (QED) is 0.779. The van der Waals surface area contributed by atoms with E-state index in [1.165, 1.54) is 0 Å². The highest BCUT2D eigenvalue weighted by Crippen LogP contribution is 2.30. The van der Waals surface area contributed by atoms with Gasteiger partial charge in [0, 0.05) is 29.0 Å². The van der Waals surface area contributed by atoms with Gasteiger partial charge in [-0.25, -0.2) is 8.42 Å². The van der Waals surface area contributed by atoms with Crippen LogP contribution in [0.3, 0.4) is 0 Å². The third-order valence-corrected chi connectivity index (χ3v) is 6.36. The number of hydrogen-bond acceptors (Lipinski definition) is 4. The van der Waals surface area contributed by atoms with Crippen LogP contribution in [0.4, 0.5) is 5.69 Å². The summed E-state index contributed by atoms with van der Waals surface area (Å²) < 4.78 is 23.1. The van der Waals surface area contributed by atoms with E-state index in [1.807, 2.05) is 24.4 Å². The number of hydrogen-bond donors (Lipinski definition) is 3. The highest BCUT2D eigenvalue weighted by atomic mass is 35.5. The number of rotatable bonds is 3. The molecule has 8 heteroatoms. The van der Waals surface area contributed by atoms with Crippen LogP contribution < -0.4 is 10.6 Å². The molecule has 23 heavy (non-hydrogen) atoms. The van der Waals surface area contributed by atoms with E-state index in [0.29, 0.717) is 31.6 Å². The fourth-order valence-electron chi connectivity index (χ4n) is 2.97. The zero-order valence-electron chi connectivity index (χ0n) is 12.8. The van der Waals surface area contributed by atoms with Gasteiger partial charge in [-0.1, -0.05) is 0 Å². The Morgan fingerprint density at radius 3 is 2.57 bits per heavy atom. The van der Waals surface area contributed by atoms with Crippen LogP contribution >= 0.6 is 12.4 Å². The molecule has 1 amide bonds. The SMILES string of the molecule is CS(=O)(=O)C1(C(=O)Nc2ccc3[nH]ccc3c2)CCNCC1.Cl. The number of sulfone groups is 1. The third kappa shape index (κ3) is 3.22. The van der Waals surface area contributed by atoms with Gasteiger partial charge in [0.15, 0.2) is 14.6 Å². The summed E-state index contributed by atoms with van der Waals surface area (Å²) in [6.07, 6.45) is 3.56. The minimum Gasteiger partial charge on any atom is -0.361 e. The molecular formula is C15H20ClN3O3S. The minimum atomic E-state index is -3.50. The molecule has 1 saturated heterocycles. The first-order valence-electron chi connectivity index (χ1n) is 7.21. The second kappa shape index (κ2) is 6.51. The number of amides is 1. The normalized spacial score (nSPS) is 17.4. The fraction of sp³-hybridized carbons (Fsp3) is 0.400. The maximum absolute atomic E-state index is 12.7. The van der Waals surface area contributed by atoms with Crippen molar-refractivity contribution in [1.29, 1.82) is 0 Å². The van der Waals surface area contributed by atoms with Crippen molar-refractivity contribution < 1.29 is 13.2 Å². The van der Waals surface area contributed by atoms with Crippen LogP contribution in [0.25, 0.3) is 10.9 Å². The monoisotopic (exact) mass is 357 g/mol. The Balaban J connectivity index is 0.00000192. The highest BCUT2D eigenvalue weighted by molar-refractivity contribution is 7.92. The van der Waals surface area contributed by atoms with Gasteiger partial charge in [-0.3, -0.25) is 4.79 Å². The van der Waals surface area contributed by atoms with Gasteiger partial charge in [0.1, 0.15) is 0 Å². The molecule has 0 bridgehead atoms. The number of halogens is 1. The Hall–Kier alpha value is -1.57. The van der Waals surface area contributed by atoms with E-state index in [1.54, 1.807) is 6.07 Å². The summed E-state index contributed by atoms with van der Waals surface area (Å²) in [7, 11) is -3.50. The second-order valence-corrected chi connectivity index (χ2v) is 8.08. The lowest BCUT2D eigenvalue weighted by molar-refractivity contribution is -0.119. The number of fused-ring (bicyclic) bond motifs is 1. The molecule has 0 atom stereocenters. The molecule has 0 spiro atoms. The molecule has 3 rings (SSSR count). The molecule has 1 aliphatic rings. The van der Waals surface area contributed by atoms with Crippen LogP contribution in [0.15, 0.2) is 30.5 Å². The van der Waals surface area contributed by atoms with E-state index in [4.69, 9.17) is 0 Å². The Labute approximate surface area is 141 Å². The van der Waals surface area contributed by atoms with E-state index in [0.717, 1.165) is 17.2 Å². The maximum Gasteiger partial charge on any atom is 0.245 e. The van der Waals surface area contributed by atoms with E-state index < -0.39 is 20.5 Å². The minimum absolute atomic E-state index is 0. The van der Waals surface area contributed by atoms with Crippen LogP contribution in [0.2, 0.25) is 0 Å². The summed E-state index contributed by atoms with van der Waals surface area (Å²) >= 11 is 0. The molecule has 0 radical (unpaired) electrons. The van der Waals surface area contributed by atoms with Gasteiger partial charge in [0.05, 0.1) is 0 Å². The van der Waals surface area contributed by atoms with Gasteiger partial charge in [-0.2, -0.15) is 0 Å². The van der Waals surface area contributed by atoms with Crippen LogP contribution in [0, 0.1) is 0 Å². The standard InChI is InChI=1S/C15H19N3O3S.ClH/c1-22(20,21)15(5-8-16-9-6-15)14(19)18-12-2-3-13-11(10-12)4-7-17-13;/h2-4,7,10,16-17H,5-6,8-9H2,1H3,(H,18,19);1H. The number of aromatic nitrogens is 1. The summed E-state index contributed by atoms with van der Waals surface area (Å²) in [5.74, 6) is -0.439. The number of nitrogens with one attached hydrogen (secondary N) is 3. The number of benzene rings is 1. The molecular weight excluding hydrogens is 338 g/mol. The van der Waals surface area contributed by atoms with E-state index >= 15 is 0 Å². The summed E-state index contributed by atoms with van der Waals surface area (Å²) in [6, 6.07) is 7.37. The molecule has 0 aliphatic carbocycles. The van der Waals surface area contributed by atoms with Crippen molar-refractivity contribution in [3.05, 3.63) is 30.5 Å². The van der Waals surface area contributed by atoms with E-state index in [-0.39, 0.29) is 12.4 Å². The van der Waals surface area contributed by atoms with Gasteiger partial charge in [-0.05, 0) is 50.2 Å². The van der Waals surface area contributed by atoms with Crippen molar-refractivity contribution in [2.45, 2.75) is 17.6 Å². The highest BCUT2D eigenvalue weighted by Gasteiger charge is 2.48. The largest absolute Gasteiger partial charge is 0.361 e.